The van der Waals surface area contributed by atoms with Crippen LogP contribution in [-0.4, -0.2) is 33.9 Å². The molecule has 0 saturated heterocycles. The second-order valence-corrected chi connectivity index (χ2v) is 6.14. The van der Waals surface area contributed by atoms with Crippen LogP contribution in [0.4, 0.5) is 4.79 Å². The summed E-state index contributed by atoms with van der Waals surface area (Å²) in [5, 5.41) is 5.77. The van der Waals surface area contributed by atoms with Crippen molar-refractivity contribution in [1.82, 2.24) is 10.6 Å². The zero-order valence-corrected chi connectivity index (χ0v) is 16.4. The molecule has 0 bridgehead atoms. The molecule has 0 aromatic heterocycles. The molecule has 0 aliphatic carbocycles. The second kappa shape index (κ2) is 9.83. The Morgan fingerprint density at radius 1 is 0.963 bits per heavy atom. The van der Waals surface area contributed by atoms with Gasteiger partial charge in [-0.15, -0.1) is 0 Å². The van der Waals surface area contributed by atoms with E-state index in [1.807, 2.05) is 55.5 Å². The quantitative estimate of drug-likeness (QED) is 0.707. The maximum absolute atomic E-state index is 12.3. The number of rotatable bonds is 9. The molecule has 0 aliphatic rings. The van der Waals surface area contributed by atoms with Gasteiger partial charge >= 0.3 is 6.03 Å². The molecule has 0 spiro atoms. The molecule has 2 rings (SSSR count). The number of urea groups is 1. The first-order chi connectivity index (χ1) is 13.1. The largest absolute Gasteiger partial charge is 0.493 e. The van der Waals surface area contributed by atoms with Gasteiger partial charge in [0.05, 0.1) is 20.8 Å². The summed E-state index contributed by atoms with van der Waals surface area (Å²) in [6, 6.07) is 15.2. The van der Waals surface area contributed by atoms with Gasteiger partial charge < -0.3 is 24.8 Å². The van der Waals surface area contributed by atoms with E-state index in [1.165, 1.54) is 0 Å². The lowest BCUT2D eigenvalue weighted by molar-refractivity contribution is -0.0152. The fourth-order valence-corrected chi connectivity index (χ4v) is 2.97. The molecule has 6 nitrogen and oxygen atoms in total. The Bertz CT molecular complexity index is 730. The van der Waals surface area contributed by atoms with Crippen LogP contribution >= 0.6 is 0 Å². The maximum atomic E-state index is 12.3. The summed E-state index contributed by atoms with van der Waals surface area (Å²) >= 11 is 0. The highest BCUT2D eigenvalue weighted by Crippen LogP contribution is 2.28. The molecule has 6 heteroatoms. The lowest BCUT2D eigenvalue weighted by Gasteiger charge is -2.32. The number of hydrogen-bond acceptors (Lipinski definition) is 4. The van der Waals surface area contributed by atoms with Gasteiger partial charge in [-0.05, 0) is 29.7 Å². The molecule has 2 aromatic carbocycles. The van der Waals surface area contributed by atoms with E-state index in [4.69, 9.17) is 14.2 Å². The number of methoxy groups -OCH3 is 3. The molecular formula is C21H28N2O4. The summed E-state index contributed by atoms with van der Waals surface area (Å²) in [5.41, 5.74) is 1.40. The highest BCUT2D eigenvalue weighted by molar-refractivity contribution is 5.74. The summed E-state index contributed by atoms with van der Waals surface area (Å²) in [7, 11) is 4.84. The Morgan fingerprint density at radius 3 is 2.26 bits per heavy atom. The predicted molar refractivity (Wildman–Crippen MR) is 105 cm³/mol. The van der Waals surface area contributed by atoms with E-state index in [0.29, 0.717) is 24.6 Å². The van der Waals surface area contributed by atoms with E-state index < -0.39 is 5.60 Å². The van der Waals surface area contributed by atoms with Crippen molar-refractivity contribution in [3.05, 3.63) is 59.7 Å². The van der Waals surface area contributed by atoms with Gasteiger partial charge in [0.2, 0.25) is 0 Å². The molecule has 2 amide bonds. The molecule has 0 aliphatic heterocycles. The molecule has 2 N–H and O–H groups in total. The zero-order chi connectivity index (χ0) is 19.7. The lowest BCUT2D eigenvalue weighted by atomic mass is 9.91. The molecule has 0 heterocycles. The van der Waals surface area contributed by atoms with Gasteiger partial charge in [0.25, 0.3) is 0 Å². The smallest absolute Gasteiger partial charge is 0.315 e. The van der Waals surface area contributed by atoms with E-state index in [1.54, 1.807) is 21.3 Å². The highest BCUT2D eigenvalue weighted by Gasteiger charge is 2.30. The minimum absolute atomic E-state index is 0.254. The van der Waals surface area contributed by atoms with Crippen LogP contribution in [0, 0.1) is 0 Å². The van der Waals surface area contributed by atoms with Gasteiger partial charge in [0.15, 0.2) is 11.5 Å². The van der Waals surface area contributed by atoms with Crippen LogP contribution in [0.25, 0.3) is 0 Å². The van der Waals surface area contributed by atoms with Gasteiger partial charge in [-0.2, -0.15) is 0 Å². The van der Waals surface area contributed by atoms with Crippen molar-refractivity contribution in [2.75, 3.05) is 27.9 Å². The number of ether oxygens (including phenoxy) is 3. The van der Waals surface area contributed by atoms with Crippen molar-refractivity contribution in [1.29, 1.82) is 0 Å². The Kier molecular flexibility index (Phi) is 7.49. The van der Waals surface area contributed by atoms with Crippen molar-refractivity contribution in [3.8, 4) is 11.5 Å². The van der Waals surface area contributed by atoms with Crippen molar-refractivity contribution >= 4 is 6.03 Å². The first-order valence-electron chi connectivity index (χ1n) is 8.91. The van der Waals surface area contributed by atoms with Crippen LogP contribution in [0.2, 0.25) is 0 Å². The third kappa shape index (κ3) is 5.14. The van der Waals surface area contributed by atoms with Crippen molar-refractivity contribution in [2.45, 2.75) is 25.5 Å². The number of carbonyl (C=O) groups excluding carboxylic acids is 1. The van der Waals surface area contributed by atoms with Crippen LogP contribution in [-0.2, 0) is 16.9 Å². The first-order valence-corrected chi connectivity index (χ1v) is 8.91. The van der Waals surface area contributed by atoms with E-state index in [2.05, 4.69) is 10.6 Å². The average Bonchev–Trinajstić information content (AvgIpc) is 2.73. The first kappa shape index (κ1) is 20.6. The van der Waals surface area contributed by atoms with Crippen LogP contribution in [0.3, 0.4) is 0 Å². The topological polar surface area (TPSA) is 68.8 Å². The van der Waals surface area contributed by atoms with Crippen molar-refractivity contribution in [2.24, 2.45) is 0 Å². The number of amides is 2. The molecular weight excluding hydrogens is 344 g/mol. The summed E-state index contributed by atoms with van der Waals surface area (Å²) in [6.45, 7) is 2.80. The minimum Gasteiger partial charge on any atom is -0.493 e. The Morgan fingerprint density at radius 2 is 1.67 bits per heavy atom. The molecule has 146 valence electrons. The van der Waals surface area contributed by atoms with E-state index >= 15 is 0 Å². The molecule has 0 radical (unpaired) electrons. The second-order valence-electron chi connectivity index (χ2n) is 6.14. The predicted octanol–water partition coefficient (Wildman–Crippen LogP) is 3.45. The molecule has 27 heavy (non-hydrogen) atoms. The van der Waals surface area contributed by atoms with Crippen molar-refractivity contribution in [3.63, 3.8) is 0 Å². The van der Waals surface area contributed by atoms with Gasteiger partial charge in [-0.3, -0.25) is 0 Å². The molecule has 2 aromatic rings. The molecule has 0 saturated carbocycles. The van der Waals surface area contributed by atoms with Crippen LogP contribution < -0.4 is 20.1 Å². The maximum Gasteiger partial charge on any atom is 0.315 e. The molecule has 0 fully saturated rings. The van der Waals surface area contributed by atoms with Crippen LogP contribution in [0.5, 0.6) is 11.5 Å². The van der Waals surface area contributed by atoms with Crippen molar-refractivity contribution < 1.29 is 19.0 Å². The van der Waals surface area contributed by atoms with Gasteiger partial charge in [0.1, 0.15) is 5.60 Å². The fourth-order valence-electron chi connectivity index (χ4n) is 2.97. The number of carbonyl (C=O) groups is 1. The minimum atomic E-state index is -0.554. The van der Waals surface area contributed by atoms with Gasteiger partial charge in [0, 0.05) is 13.7 Å². The molecule has 1 unspecified atom stereocenters. The fraction of sp³-hybridized carbons (Fsp3) is 0.381. The zero-order valence-electron chi connectivity index (χ0n) is 16.4. The van der Waals surface area contributed by atoms with E-state index in [0.717, 1.165) is 17.5 Å². The monoisotopic (exact) mass is 372 g/mol. The number of hydrogen-bond donors (Lipinski definition) is 2. The van der Waals surface area contributed by atoms with Crippen LogP contribution in [0.15, 0.2) is 48.5 Å². The van der Waals surface area contributed by atoms with Crippen LogP contribution in [0.1, 0.15) is 24.5 Å². The van der Waals surface area contributed by atoms with E-state index in [-0.39, 0.29) is 6.03 Å². The standard InChI is InChI=1S/C21H28N2O4/c1-5-21(27-4,17-9-7-6-8-10-17)15-23-20(24)22-14-16-11-12-18(25-2)19(13-16)26-3/h6-13H,5,14-15H2,1-4H3,(H2,22,23,24). The molecule has 1 atom stereocenters. The summed E-state index contributed by atoms with van der Waals surface area (Å²) in [6.07, 6.45) is 0.740. The Labute approximate surface area is 160 Å². The summed E-state index contributed by atoms with van der Waals surface area (Å²) in [5.74, 6) is 1.28. The third-order valence-corrected chi connectivity index (χ3v) is 4.70. The number of nitrogens with one attached hydrogen (secondary N) is 2. The highest BCUT2D eigenvalue weighted by atomic mass is 16.5. The van der Waals surface area contributed by atoms with E-state index in [9.17, 15) is 4.79 Å². The van der Waals surface area contributed by atoms with Gasteiger partial charge in [-0.1, -0.05) is 43.3 Å². The number of benzene rings is 2. The Balaban J connectivity index is 1.95. The SMILES string of the molecule is CCC(CNC(=O)NCc1ccc(OC)c(OC)c1)(OC)c1ccccc1. The Hall–Kier alpha value is -2.73. The normalized spacial score (nSPS) is 12.7. The summed E-state index contributed by atoms with van der Waals surface area (Å²) in [4.78, 5) is 12.3. The summed E-state index contributed by atoms with van der Waals surface area (Å²) < 4.78 is 16.3. The van der Waals surface area contributed by atoms with Gasteiger partial charge in [-0.25, -0.2) is 4.79 Å². The average molecular weight is 372 g/mol. The third-order valence-electron chi connectivity index (χ3n) is 4.70. The lowest BCUT2D eigenvalue weighted by Crippen LogP contribution is -2.45.